The molecule has 2 unspecified atom stereocenters. The molecule has 3 nitrogen and oxygen atoms in total. The van der Waals surface area contributed by atoms with Crippen LogP contribution in [0.2, 0.25) is 0 Å². The van der Waals surface area contributed by atoms with Gasteiger partial charge in [0.25, 0.3) is 0 Å². The summed E-state index contributed by atoms with van der Waals surface area (Å²) < 4.78 is 0. The molecule has 1 aliphatic heterocycles. The van der Waals surface area contributed by atoms with Gasteiger partial charge in [0.2, 0.25) is 0 Å². The Morgan fingerprint density at radius 3 is 1.94 bits per heavy atom. The molecule has 2 N–H and O–H groups in total. The van der Waals surface area contributed by atoms with Crippen molar-refractivity contribution < 1.29 is 0 Å². The first-order valence-corrected chi connectivity index (χ1v) is 7.06. The van der Waals surface area contributed by atoms with Gasteiger partial charge in [-0.25, -0.2) is 0 Å². The highest BCUT2D eigenvalue weighted by Gasteiger charge is 2.33. The molecular formula is C13H25N3. The van der Waals surface area contributed by atoms with Gasteiger partial charge >= 0.3 is 0 Å². The quantitative estimate of drug-likeness (QED) is 0.759. The molecule has 1 saturated heterocycles. The van der Waals surface area contributed by atoms with Crippen molar-refractivity contribution in [2.24, 2.45) is 5.73 Å². The molecule has 0 amide bonds. The van der Waals surface area contributed by atoms with E-state index in [1.54, 1.807) is 0 Å². The number of rotatable bonds is 2. The van der Waals surface area contributed by atoms with Gasteiger partial charge in [-0.1, -0.05) is 6.42 Å². The molecule has 0 aromatic heterocycles. The van der Waals surface area contributed by atoms with Gasteiger partial charge in [-0.15, -0.1) is 0 Å². The van der Waals surface area contributed by atoms with Gasteiger partial charge in [0.1, 0.15) is 0 Å². The molecule has 0 radical (unpaired) electrons. The lowest BCUT2D eigenvalue weighted by Gasteiger charge is -2.42. The molecule has 2 aliphatic carbocycles. The second kappa shape index (κ2) is 4.63. The summed E-state index contributed by atoms with van der Waals surface area (Å²) >= 11 is 0. The maximum Gasteiger partial charge on any atom is 0.0113 e. The van der Waals surface area contributed by atoms with E-state index < -0.39 is 0 Å². The molecule has 3 heteroatoms. The van der Waals surface area contributed by atoms with Gasteiger partial charge in [0, 0.05) is 44.3 Å². The van der Waals surface area contributed by atoms with Gasteiger partial charge in [-0.05, 0) is 32.1 Å². The average Bonchev–Trinajstić information content (AvgIpc) is 3.13. The Hall–Kier alpha value is -0.120. The largest absolute Gasteiger partial charge is 0.328 e. The van der Waals surface area contributed by atoms with Gasteiger partial charge in [0.15, 0.2) is 0 Å². The van der Waals surface area contributed by atoms with Gasteiger partial charge in [0.05, 0.1) is 0 Å². The van der Waals surface area contributed by atoms with Gasteiger partial charge in [-0.3, -0.25) is 9.80 Å². The zero-order valence-corrected chi connectivity index (χ0v) is 10.3. The summed E-state index contributed by atoms with van der Waals surface area (Å²) in [5, 5.41) is 0. The van der Waals surface area contributed by atoms with Crippen LogP contribution in [0.4, 0.5) is 0 Å². The molecular weight excluding hydrogens is 198 g/mol. The van der Waals surface area contributed by atoms with Crippen molar-refractivity contribution in [3.8, 4) is 0 Å². The van der Waals surface area contributed by atoms with Crippen molar-refractivity contribution in [1.29, 1.82) is 0 Å². The van der Waals surface area contributed by atoms with E-state index in [2.05, 4.69) is 9.80 Å². The summed E-state index contributed by atoms with van der Waals surface area (Å²) in [5.41, 5.74) is 6.08. The Bertz CT molecular complexity index is 231. The molecule has 0 spiro atoms. The molecule has 0 aromatic carbocycles. The smallest absolute Gasteiger partial charge is 0.0113 e. The van der Waals surface area contributed by atoms with Gasteiger partial charge in [-0.2, -0.15) is 0 Å². The second-order valence-corrected chi connectivity index (χ2v) is 5.88. The Balaban J connectivity index is 1.48. The Morgan fingerprint density at radius 2 is 1.38 bits per heavy atom. The number of nitrogens with zero attached hydrogens (tertiary/aromatic N) is 2. The number of hydrogen-bond donors (Lipinski definition) is 1. The number of hydrogen-bond acceptors (Lipinski definition) is 3. The zero-order chi connectivity index (χ0) is 11.0. The minimum absolute atomic E-state index is 0.472. The lowest BCUT2D eigenvalue weighted by molar-refractivity contribution is 0.0716. The summed E-state index contributed by atoms with van der Waals surface area (Å²) in [6, 6.07) is 2.22. The van der Waals surface area contributed by atoms with E-state index in [9.17, 15) is 0 Å². The van der Waals surface area contributed by atoms with Crippen molar-refractivity contribution in [2.75, 3.05) is 26.2 Å². The first kappa shape index (κ1) is 11.0. The van der Waals surface area contributed by atoms with E-state index in [0.717, 1.165) is 12.1 Å². The molecule has 3 aliphatic rings. The van der Waals surface area contributed by atoms with Crippen LogP contribution >= 0.6 is 0 Å². The third-order valence-electron chi connectivity index (χ3n) is 4.62. The van der Waals surface area contributed by atoms with Crippen molar-refractivity contribution in [1.82, 2.24) is 9.80 Å². The summed E-state index contributed by atoms with van der Waals surface area (Å²) in [5.74, 6) is 0. The molecule has 92 valence electrons. The van der Waals surface area contributed by atoms with E-state index in [1.165, 1.54) is 64.7 Å². The van der Waals surface area contributed by atoms with E-state index in [0.29, 0.717) is 6.04 Å². The minimum atomic E-state index is 0.472. The van der Waals surface area contributed by atoms with Crippen LogP contribution in [-0.4, -0.2) is 54.1 Å². The molecule has 0 aromatic rings. The monoisotopic (exact) mass is 223 g/mol. The third kappa shape index (κ3) is 2.41. The maximum absolute atomic E-state index is 6.08. The highest BCUT2D eigenvalue weighted by molar-refractivity contribution is 4.90. The topological polar surface area (TPSA) is 32.5 Å². The van der Waals surface area contributed by atoms with Crippen LogP contribution in [0.15, 0.2) is 0 Å². The fourth-order valence-corrected chi connectivity index (χ4v) is 3.44. The van der Waals surface area contributed by atoms with Crippen molar-refractivity contribution >= 4 is 0 Å². The molecule has 1 heterocycles. The second-order valence-electron chi connectivity index (χ2n) is 5.88. The maximum atomic E-state index is 6.08. The fraction of sp³-hybridized carbons (Fsp3) is 1.00. The van der Waals surface area contributed by atoms with Gasteiger partial charge < -0.3 is 5.73 Å². The Labute approximate surface area is 99.0 Å². The predicted octanol–water partition coefficient (Wildman–Crippen LogP) is 1.04. The standard InChI is InChI=1S/C13H25N3/c14-11-2-1-3-13(10-11)16-8-6-15(7-9-16)12-4-5-12/h11-13H,1-10,14H2. The lowest BCUT2D eigenvalue weighted by Crippen LogP contribution is -2.52. The van der Waals surface area contributed by atoms with Crippen LogP contribution in [0, 0.1) is 0 Å². The van der Waals surface area contributed by atoms with E-state index in [1.807, 2.05) is 0 Å². The van der Waals surface area contributed by atoms with Crippen LogP contribution in [0.5, 0.6) is 0 Å². The third-order valence-corrected chi connectivity index (χ3v) is 4.62. The van der Waals surface area contributed by atoms with E-state index in [-0.39, 0.29) is 0 Å². The van der Waals surface area contributed by atoms with Crippen molar-refractivity contribution in [2.45, 2.75) is 56.7 Å². The van der Waals surface area contributed by atoms with E-state index in [4.69, 9.17) is 5.73 Å². The number of piperazine rings is 1. The highest BCUT2D eigenvalue weighted by atomic mass is 15.3. The Morgan fingerprint density at radius 1 is 0.750 bits per heavy atom. The first-order valence-electron chi connectivity index (χ1n) is 7.06. The van der Waals surface area contributed by atoms with Crippen molar-refractivity contribution in [3.05, 3.63) is 0 Å². The molecule has 3 rings (SSSR count). The molecule has 2 saturated carbocycles. The average molecular weight is 223 g/mol. The van der Waals surface area contributed by atoms with Crippen LogP contribution < -0.4 is 5.73 Å². The Kier molecular flexibility index (Phi) is 3.18. The number of nitrogens with two attached hydrogens (primary N) is 1. The first-order chi connectivity index (χ1) is 7.83. The van der Waals surface area contributed by atoms with Crippen LogP contribution in [-0.2, 0) is 0 Å². The molecule has 3 fully saturated rings. The van der Waals surface area contributed by atoms with Crippen LogP contribution in [0.1, 0.15) is 38.5 Å². The lowest BCUT2D eigenvalue weighted by atomic mass is 9.90. The van der Waals surface area contributed by atoms with Crippen LogP contribution in [0.3, 0.4) is 0 Å². The zero-order valence-electron chi connectivity index (χ0n) is 10.3. The molecule has 2 atom stereocenters. The molecule has 0 bridgehead atoms. The highest BCUT2D eigenvalue weighted by Crippen LogP contribution is 2.29. The fourth-order valence-electron chi connectivity index (χ4n) is 3.44. The summed E-state index contributed by atoms with van der Waals surface area (Å²) in [6.45, 7) is 5.18. The predicted molar refractivity (Wildman–Crippen MR) is 66.4 cm³/mol. The summed E-state index contributed by atoms with van der Waals surface area (Å²) in [4.78, 5) is 5.40. The molecule has 16 heavy (non-hydrogen) atoms. The minimum Gasteiger partial charge on any atom is -0.328 e. The summed E-state index contributed by atoms with van der Waals surface area (Å²) in [7, 11) is 0. The SMILES string of the molecule is NC1CCCC(N2CCN(C3CC3)CC2)C1. The summed E-state index contributed by atoms with van der Waals surface area (Å²) in [6.07, 6.45) is 8.12. The normalized spacial score (nSPS) is 38.8. The van der Waals surface area contributed by atoms with E-state index >= 15 is 0 Å². The van der Waals surface area contributed by atoms with Crippen LogP contribution in [0.25, 0.3) is 0 Å². The van der Waals surface area contributed by atoms with Crippen molar-refractivity contribution in [3.63, 3.8) is 0 Å².